The van der Waals surface area contributed by atoms with Crippen molar-refractivity contribution < 1.29 is 9.47 Å². The Morgan fingerprint density at radius 2 is 2.00 bits per heavy atom. The molecule has 1 aromatic carbocycles. The van der Waals surface area contributed by atoms with Crippen LogP contribution in [0.1, 0.15) is 18.4 Å². The van der Waals surface area contributed by atoms with Crippen LogP contribution in [0, 0.1) is 5.92 Å². The van der Waals surface area contributed by atoms with Gasteiger partial charge >= 0.3 is 0 Å². The molecule has 1 fully saturated rings. The van der Waals surface area contributed by atoms with Gasteiger partial charge < -0.3 is 15.2 Å². The Labute approximate surface area is 96.5 Å². The summed E-state index contributed by atoms with van der Waals surface area (Å²) in [4.78, 5) is 0. The summed E-state index contributed by atoms with van der Waals surface area (Å²) in [5.41, 5.74) is 7.73. The number of nitrogens with two attached hydrogens (primary N) is 1. The zero-order chi connectivity index (χ0) is 11.2. The molecule has 0 saturated carbocycles. The van der Waals surface area contributed by atoms with Crippen LogP contribution in [0.5, 0.6) is 0 Å². The molecule has 3 nitrogen and oxygen atoms in total. The van der Waals surface area contributed by atoms with Gasteiger partial charge in [-0.3, -0.25) is 0 Å². The third kappa shape index (κ3) is 3.22. The van der Waals surface area contributed by atoms with E-state index < -0.39 is 0 Å². The molecule has 1 aromatic rings. The van der Waals surface area contributed by atoms with Crippen LogP contribution in [0.2, 0.25) is 0 Å². The van der Waals surface area contributed by atoms with Gasteiger partial charge in [-0.15, -0.1) is 0 Å². The molecule has 0 spiro atoms. The van der Waals surface area contributed by atoms with E-state index in [1.807, 2.05) is 24.3 Å². The number of rotatable bonds is 4. The van der Waals surface area contributed by atoms with E-state index in [1.54, 1.807) is 0 Å². The van der Waals surface area contributed by atoms with Crippen molar-refractivity contribution in [3.8, 4) is 0 Å². The quantitative estimate of drug-likeness (QED) is 0.793. The summed E-state index contributed by atoms with van der Waals surface area (Å²) < 4.78 is 11.0. The van der Waals surface area contributed by atoms with Gasteiger partial charge in [0.1, 0.15) is 0 Å². The summed E-state index contributed by atoms with van der Waals surface area (Å²) >= 11 is 0. The summed E-state index contributed by atoms with van der Waals surface area (Å²) in [7, 11) is 0. The van der Waals surface area contributed by atoms with E-state index in [9.17, 15) is 0 Å². The number of hydrogen-bond acceptors (Lipinski definition) is 3. The molecule has 88 valence electrons. The van der Waals surface area contributed by atoms with E-state index in [2.05, 4.69) is 0 Å². The van der Waals surface area contributed by atoms with Crippen LogP contribution in [-0.4, -0.2) is 19.8 Å². The molecule has 16 heavy (non-hydrogen) atoms. The summed E-state index contributed by atoms with van der Waals surface area (Å²) in [6, 6.07) is 7.85. The fraction of sp³-hybridized carbons (Fsp3) is 0.538. The molecule has 0 radical (unpaired) electrons. The minimum atomic E-state index is 0.615. The predicted octanol–water partition coefficient (Wildman–Crippen LogP) is 2.21. The van der Waals surface area contributed by atoms with Crippen LogP contribution in [0.3, 0.4) is 0 Å². The Morgan fingerprint density at radius 3 is 2.75 bits per heavy atom. The highest BCUT2D eigenvalue weighted by molar-refractivity contribution is 5.45. The first-order chi connectivity index (χ1) is 7.86. The highest BCUT2D eigenvalue weighted by Gasteiger charge is 2.13. The zero-order valence-corrected chi connectivity index (χ0v) is 9.52. The third-order valence-corrected chi connectivity index (χ3v) is 3.01. The smallest absolute Gasteiger partial charge is 0.0736 e. The third-order valence-electron chi connectivity index (χ3n) is 3.01. The zero-order valence-electron chi connectivity index (χ0n) is 9.52. The molecule has 2 rings (SSSR count). The van der Waals surface area contributed by atoms with E-state index in [4.69, 9.17) is 15.2 Å². The fourth-order valence-electron chi connectivity index (χ4n) is 1.91. The van der Waals surface area contributed by atoms with E-state index in [1.165, 1.54) is 0 Å². The average molecular weight is 221 g/mol. The molecule has 0 atom stereocenters. The standard InChI is InChI=1S/C13H19NO2/c14-13-4-2-1-3-12(13)10-16-9-11-5-7-15-8-6-11/h1-4,11H,5-10,14H2. The first-order valence-electron chi connectivity index (χ1n) is 5.85. The maximum absolute atomic E-state index is 5.84. The van der Waals surface area contributed by atoms with Gasteiger partial charge in [0, 0.05) is 24.5 Å². The fourth-order valence-corrected chi connectivity index (χ4v) is 1.91. The number of ether oxygens (including phenoxy) is 2. The molecule has 1 saturated heterocycles. The van der Waals surface area contributed by atoms with Crippen molar-refractivity contribution in [3.63, 3.8) is 0 Å². The predicted molar refractivity (Wildman–Crippen MR) is 64.1 cm³/mol. The second kappa shape index (κ2) is 5.87. The molecule has 0 aromatic heterocycles. The molecular formula is C13H19NO2. The minimum absolute atomic E-state index is 0.615. The number of para-hydroxylation sites is 1. The van der Waals surface area contributed by atoms with Crippen molar-refractivity contribution in [2.45, 2.75) is 19.4 Å². The second-order valence-corrected chi connectivity index (χ2v) is 4.27. The van der Waals surface area contributed by atoms with E-state index in [0.29, 0.717) is 12.5 Å². The van der Waals surface area contributed by atoms with Crippen molar-refractivity contribution in [1.29, 1.82) is 0 Å². The minimum Gasteiger partial charge on any atom is -0.398 e. The molecule has 3 heteroatoms. The van der Waals surface area contributed by atoms with Gasteiger partial charge in [0.2, 0.25) is 0 Å². The van der Waals surface area contributed by atoms with Gasteiger partial charge in [-0.2, -0.15) is 0 Å². The number of nitrogen functional groups attached to an aromatic ring is 1. The first-order valence-corrected chi connectivity index (χ1v) is 5.85. The molecule has 1 aliphatic heterocycles. The topological polar surface area (TPSA) is 44.5 Å². The van der Waals surface area contributed by atoms with Crippen LogP contribution >= 0.6 is 0 Å². The molecule has 1 heterocycles. The second-order valence-electron chi connectivity index (χ2n) is 4.27. The number of anilines is 1. The van der Waals surface area contributed by atoms with Crippen molar-refractivity contribution >= 4 is 5.69 Å². The Bertz CT molecular complexity index is 321. The van der Waals surface area contributed by atoms with Crippen molar-refractivity contribution in [3.05, 3.63) is 29.8 Å². The largest absolute Gasteiger partial charge is 0.398 e. The summed E-state index contributed by atoms with van der Waals surface area (Å²) in [5, 5.41) is 0. The highest BCUT2D eigenvalue weighted by Crippen LogP contribution is 2.17. The van der Waals surface area contributed by atoms with Crippen LogP contribution in [0.4, 0.5) is 5.69 Å². The van der Waals surface area contributed by atoms with Crippen LogP contribution in [0.25, 0.3) is 0 Å². The SMILES string of the molecule is Nc1ccccc1COCC1CCOCC1. The van der Waals surface area contributed by atoms with Crippen molar-refractivity contribution in [1.82, 2.24) is 0 Å². The van der Waals surface area contributed by atoms with E-state index >= 15 is 0 Å². The Kier molecular flexibility index (Phi) is 4.19. The van der Waals surface area contributed by atoms with E-state index in [-0.39, 0.29) is 0 Å². The summed E-state index contributed by atoms with van der Waals surface area (Å²) in [6.45, 7) is 3.19. The lowest BCUT2D eigenvalue weighted by molar-refractivity contribution is 0.0158. The molecular weight excluding hydrogens is 202 g/mol. The van der Waals surface area contributed by atoms with Crippen molar-refractivity contribution in [2.24, 2.45) is 5.92 Å². The molecule has 0 bridgehead atoms. The Balaban J connectivity index is 1.73. The summed E-state index contributed by atoms with van der Waals surface area (Å²) in [5.74, 6) is 0.652. The monoisotopic (exact) mass is 221 g/mol. The highest BCUT2D eigenvalue weighted by atomic mass is 16.5. The normalized spacial score (nSPS) is 17.5. The molecule has 1 aliphatic rings. The maximum Gasteiger partial charge on any atom is 0.0736 e. The molecule has 0 aliphatic carbocycles. The Hall–Kier alpha value is -1.06. The maximum atomic E-state index is 5.84. The first kappa shape index (κ1) is 11.4. The lowest BCUT2D eigenvalue weighted by Gasteiger charge is -2.21. The molecule has 0 unspecified atom stereocenters. The van der Waals surface area contributed by atoms with E-state index in [0.717, 1.165) is 43.9 Å². The number of benzene rings is 1. The van der Waals surface area contributed by atoms with Gasteiger partial charge in [0.05, 0.1) is 13.2 Å². The van der Waals surface area contributed by atoms with Gasteiger partial charge in [-0.1, -0.05) is 18.2 Å². The van der Waals surface area contributed by atoms with Gasteiger partial charge in [0.25, 0.3) is 0 Å². The Morgan fingerprint density at radius 1 is 1.25 bits per heavy atom. The lowest BCUT2D eigenvalue weighted by atomic mass is 10.0. The summed E-state index contributed by atoms with van der Waals surface area (Å²) in [6.07, 6.45) is 2.23. The molecule has 0 amide bonds. The lowest BCUT2D eigenvalue weighted by Crippen LogP contribution is -2.20. The van der Waals surface area contributed by atoms with Gasteiger partial charge in [0.15, 0.2) is 0 Å². The number of hydrogen-bond donors (Lipinski definition) is 1. The van der Waals surface area contributed by atoms with Gasteiger partial charge in [-0.25, -0.2) is 0 Å². The molecule has 2 N–H and O–H groups in total. The van der Waals surface area contributed by atoms with Crippen LogP contribution in [0.15, 0.2) is 24.3 Å². The average Bonchev–Trinajstić information content (AvgIpc) is 2.33. The van der Waals surface area contributed by atoms with Crippen LogP contribution < -0.4 is 5.73 Å². The van der Waals surface area contributed by atoms with Crippen molar-refractivity contribution in [2.75, 3.05) is 25.6 Å². The van der Waals surface area contributed by atoms with Gasteiger partial charge in [-0.05, 0) is 24.8 Å². The van der Waals surface area contributed by atoms with Crippen LogP contribution in [-0.2, 0) is 16.1 Å².